The van der Waals surface area contributed by atoms with Gasteiger partial charge in [-0.1, -0.05) is 23.7 Å². The molecule has 0 amide bonds. The molecule has 0 unspecified atom stereocenters. The summed E-state index contributed by atoms with van der Waals surface area (Å²) >= 11 is 6.33. The van der Waals surface area contributed by atoms with Crippen LogP contribution < -0.4 is 0 Å². The number of aromatic nitrogens is 1. The second-order valence-corrected chi connectivity index (χ2v) is 7.88. The third-order valence-electron chi connectivity index (χ3n) is 5.77. The summed E-state index contributed by atoms with van der Waals surface area (Å²) in [6.07, 6.45) is 2.03. The lowest BCUT2D eigenvalue weighted by atomic mass is 10.1. The van der Waals surface area contributed by atoms with E-state index in [4.69, 9.17) is 11.6 Å². The van der Waals surface area contributed by atoms with Crippen molar-refractivity contribution in [2.45, 2.75) is 26.7 Å². The fourth-order valence-corrected chi connectivity index (χ4v) is 4.27. The Morgan fingerprint density at radius 2 is 1.70 bits per heavy atom. The Labute approximate surface area is 164 Å². The molecule has 0 saturated heterocycles. The van der Waals surface area contributed by atoms with Crippen molar-refractivity contribution in [3.05, 3.63) is 70.1 Å². The first-order valence-corrected chi connectivity index (χ1v) is 9.77. The maximum atomic E-state index is 13.3. The SMILES string of the molecule is CC(=C(C)n1c2c(c3cc(Cl)ccc31)CCN(C)CC2)c1ccc(F)cc1. The maximum absolute atomic E-state index is 13.3. The Balaban J connectivity index is 1.95. The van der Waals surface area contributed by atoms with Crippen LogP contribution in [0.1, 0.15) is 30.7 Å². The van der Waals surface area contributed by atoms with Gasteiger partial charge in [0.25, 0.3) is 0 Å². The molecule has 0 atom stereocenters. The predicted molar refractivity (Wildman–Crippen MR) is 113 cm³/mol. The molecule has 27 heavy (non-hydrogen) atoms. The van der Waals surface area contributed by atoms with Gasteiger partial charge in [0.1, 0.15) is 5.82 Å². The molecule has 2 nitrogen and oxygen atoms in total. The molecule has 1 aliphatic heterocycles. The number of hydrogen-bond acceptors (Lipinski definition) is 1. The molecule has 4 rings (SSSR count). The molecule has 140 valence electrons. The lowest BCUT2D eigenvalue weighted by Crippen LogP contribution is -2.21. The normalized spacial score (nSPS) is 16.2. The van der Waals surface area contributed by atoms with E-state index in [2.05, 4.69) is 42.5 Å². The van der Waals surface area contributed by atoms with Crippen molar-refractivity contribution in [2.75, 3.05) is 20.1 Å². The number of likely N-dealkylation sites (N-methyl/N-ethyl adjacent to an activating group) is 1. The first-order chi connectivity index (χ1) is 13.0. The smallest absolute Gasteiger partial charge is 0.123 e. The van der Waals surface area contributed by atoms with Crippen LogP contribution in [0.15, 0.2) is 42.5 Å². The molecule has 0 N–H and O–H groups in total. The molecule has 0 fully saturated rings. The van der Waals surface area contributed by atoms with Crippen molar-refractivity contribution < 1.29 is 4.39 Å². The van der Waals surface area contributed by atoms with Crippen LogP contribution in [0, 0.1) is 5.82 Å². The minimum atomic E-state index is -0.206. The van der Waals surface area contributed by atoms with Gasteiger partial charge in [0.15, 0.2) is 0 Å². The lowest BCUT2D eigenvalue weighted by Gasteiger charge is -2.17. The highest BCUT2D eigenvalue weighted by Gasteiger charge is 2.22. The quantitative estimate of drug-likeness (QED) is 0.538. The van der Waals surface area contributed by atoms with Crippen LogP contribution in [-0.2, 0) is 12.8 Å². The highest BCUT2D eigenvalue weighted by molar-refractivity contribution is 6.31. The predicted octanol–water partition coefficient (Wildman–Crippen LogP) is 5.87. The monoisotopic (exact) mass is 382 g/mol. The molecule has 1 aromatic heterocycles. The summed E-state index contributed by atoms with van der Waals surface area (Å²) < 4.78 is 15.7. The van der Waals surface area contributed by atoms with Crippen LogP contribution in [0.2, 0.25) is 5.02 Å². The minimum Gasteiger partial charge on any atom is -0.317 e. The lowest BCUT2D eigenvalue weighted by molar-refractivity contribution is 0.351. The summed E-state index contributed by atoms with van der Waals surface area (Å²) in [5.41, 5.74) is 7.36. The van der Waals surface area contributed by atoms with Crippen molar-refractivity contribution >= 4 is 33.8 Å². The highest BCUT2D eigenvalue weighted by Crippen LogP contribution is 2.35. The van der Waals surface area contributed by atoms with Crippen LogP contribution in [0.3, 0.4) is 0 Å². The van der Waals surface area contributed by atoms with E-state index in [1.165, 1.54) is 40.0 Å². The first-order valence-electron chi connectivity index (χ1n) is 9.39. The number of hydrogen-bond donors (Lipinski definition) is 0. The van der Waals surface area contributed by atoms with E-state index < -0.39 is 0 Å². The maximum Gasteiger partial charge on any atom is 0.123 e. The standard InChI is InChI=1S/C23H24ClFN2/c1-15(17-4-7-19(25)8-5-17)16(2)27-22-9-6-18(24)14-21(22)20-10-12-26(3)13-11-23(20)27/h4-9,14H,10-13H2,1-3H3. The molecule has 3 aromatic rings. The zero-order chi connectivity index (χ0) is 19.1. The fraction of sp³-hybridized carbons (Fsp3) is 0.304. The number of fused-ring (bicyclic) bond motifs is 3. The van der Waals surface area contributed by atoms with Crippen LogP contribution in [0.5, 0.6) is 0 Å². The number of nitrogens with zero attached hydrogens (tertiary/aromatic N) is 2. The molecule has 0 bridgehead atoms. The summed E-state index contributed by atoms with van der Waals surface area (Å²) in [5, 5.41) is 2.02. The van der Waals surface area contributed by atoms with Gasteiger partial charge in [-0.3, -0.25) is 0 Å². The molecular weight excluding hydrogens is 359 g/mol. The Morgan fingerprint density at radius 1 is 1.00 bits per heavy atom. The molecular formula is C23H24ClFN2. The van der Waals surface area contributed by atoms with Gasteiger partial charge < -0.3 is 9.47 Å². The summed E-state index contributed by atoms with van der Waals surface area (Å²) in [7, 11) is 2.18. The van der Waals surface area contributed by atoms with Gasteiger partial charge >= 0.3 is 0 Å². The minimum absolute atomic E-state index is 0.206. The van der Waals surface area contributed by atoms with Crippen LogP contribution >= 0.6 is 11.6 Å². The number of halogens is 2. The third kappa shape index (κ3) is 3.30. The average molecular weight is 383 g/mol. The van der Waals surface area contributed by atoms with E-state index in [9.17, 15) is 4.39 Å². The van der Waals surface area contributed by atoms with E-state index in [-0.39, 0.29) is 5.82 Å². The summed E-state index contributed by atoms with van der Waals surface area (Å²) in [6, 6.07) is 12.9. The number of rotatable bonds is 2. The van der Waals surface area contributed by atoms with Crippen molar-refractivity contribution in [3.63, 3.8) is 0 Å². The molecule has 0 aliphatic carbocycles. The highest BCUT2D eigenvalue weighted by atomic mass is 35.5. The Morgan fingerprint density at radius 3 is 2.44 bits per heavy atom. The Bertz CT molecular complexity index is 1030. The second-order valence-electron chi connectivity index (χ2n) is 7.44. The first kappa shape index (κ1) is 18.3. The van der Waals surface area contributed by atoms with E-state index >= 15 is 0 Å². The van der Waals surface area contributed by atoms with Crippen molar-refractivity contribution in [2.24, 2.45) is 0 Å². The molecule has 4 heteroatoms. The van der Waals surface area contributed by atoms with Gasteiger partial charge in [-0.05, 0) is 74.3 Å². The van der Waals surface area contributed by atoms with Crippen LogP contribution in [-0.4, -0.2) is 29.6 Å². The zero-order valence-electron chi connectivity index (χ0n) is 16.0. The number of benzene rings is 2. The third-order valence-corrected chi connectivity index (χ3v) is 6.01. The summed E-state index contributed by atoms with van der Waals surface area (Å²) in [4.78, 5) is 2.38. The fourth-order valence-electron chi connectivity index (χ4n) is 4.09. The molecule has 0 radical (unpaired) electrons. The molecule has 0 spiro atoms. The van der Waals surface area contributed by atoms with Crippen LogP contribution in [0.4, 0.5) is 4.39 Å². The van der Waals surface area contributed by atoms with Crippen molar-refractivity contribution in [3.8, 4) is 0 Å². The number of allylic oxidation sites excluding steroid dienone is 2. The van der Waals surface area contributed by atoms with Crippen molar-refractivity contribution in [1.29, 1.82) is 0 Å². The van der Waals surface area contributed by atoms with Gasteiger partial charge in [0.05, 0.1) is 5.52 Å². The summed E-state index contributed by atoms with van der Waals surface area (Å²) in [6.45, 7) is 6.36. The summed E-state index contributed by atoms with van der Waals surface area (Å²) in [5.74, 6) is -0.206. The zero-order valence-corrected chi connectivity index (χ0v) is 16.8. The average Bonchev–Trinajstić information content (AvgIpc) is 2.83. The largest absolute Gasteiger partial charge is 0.317 e. The molecule has 2 aromatic carbocycles. The van der Waals surface area contributed by atoms with E-state index in [1.807, 2.05) is 18.2 Å². The van der Waals surface area contributed by atoms with Gasteiger partial charge in [-0.15, -0.1) is 0 Å². The van der Waals surface area contributed by atoms with E-state index in [0.29, 0.717) is 0 Å². The molecule has 2 heterocycles. The van der Waals surface area contributed by atoms with E-state index in [0.717, 1.165) is 42.1 Å². The van der Waals surface area contributed by atoms with Gasteiger partial charge in [0.2, 0.25) is 0 Å². The van der Waals surface area contributed by atoms with E-state index in [1.54, 1.807) is 0 Å². The Kier molecular flexibility index (Phi) is 4.83. The van der Waals surface area contributed by atoms with Crippen LogP contribution in [0.25, 0.3) is 22.2 Å². The van der Waals surface area contributed by atoms with Gasteiger partial charge in [-0.25, -0.2) is 4.39 Å². The van der Waals surface area contributed by atoms with Gasteiger partial charge in [-0.2, -0.15) is 0 Å². The Hall–Kier alpha value is -2.10. The van der Waals surface area contributed by atoms with Gasteiger partial charge in [0, 0.05) is 41.3 Å². The molecule has 1 aliphatic rings. The van der Waals surface area contributed by atoms with Crippen molar-refractivity contribution in [1.82, 2.24) is 9.47 Å². The second kappa shape index (κ2) is 7.14. The molecule has 0 saturated carbocycles. The topological polar surface area (TPSA) is 8.17 Å².